The van der Waals surface area contributed by atoms with Crippen LogP contribution in [-0.2, 0) is 21.5 Å². The standard InChI is InChI=1S/C20H25ClN6O2/c21-17-5-3-16(4-6-17)20(8-9-20)19(29)22-12-15-2-1-10-26(13-15)18(28)7-11-27-14-23-24-25-27/h3-6,14-15H,1-2,7-13H2,(H,22,29). The number of nitrogens with zero attached hydrogens (tertiary/aromatic N) is 5. The summed E-state index contributed by atoms with van der Waals surface area (Å²) in [7, 11) is 0. The molecule has 1 aliphatic heterocycles. The molecule has 0 spiro atoms. The van der Waals surface area contributed by atoms with Gasteiger partial charge < -0.3 is 10.2 Å². The molecule has 1 aliphatic carbocycles. The highest BCUT2D eigenvalue weighted by Crippen LogP contribution is 2.48. The number of aryl methyl sites for hydroxylation is 1. The molecule has 1 atom stereocenters. The van der Waals surface area contributed by atoms with E-state index in [1.807, 2.05) is 29.2 Å². The van der Waals surface area contributed by atoms with Gasteiger partial charge in [0.25, 0.3) is 0 Å². The van der Waals surface area contributed by atoms with Crippen LogP contribution in [-0.4, -0.2) is 56.6 Å². The van der Waals surface area contributed by atoms with E-state index in [0.29, 0.717) is 31.1 Å². The lowest BCUT2D eigenvalue weighted by Gasteiger charge is -2.33. The summed E-state index contributed by atoms with van der Waals surface area (Å²) in [5.41, 5.74) is 0.628. The van der Waals surface area contributed by atoms with Crippen LogP contribution < -0.4 is 5.32 Å². The molecule has 4 rings (SSSR count). The van der Waals surface area contributed by atoms with Gasteiger partial charge >= 0.3 is 0 Å². The largest absolute Gasteiger partial charge is 0.355 e. The fourth-order valence-corrected chi connectivity index (χ4v) is 4.18. The lowest BCUT2D eigenvalue weighted by Crippen LogP contribution is -2.45. The lowest BCUT2D eigenvalue weighted by atomic mass is 9.93. The van der Waals surface area contributed by atoms with Gasteiger partial charge in [-0.25, -0.2) is 4.68 Å². The van der Waals surface area contributed by atoms with Crippen LogP contribution >= 0.6 is 11.6 Å². The molecule has 1 aromatic heterocycles. The van der Waals surface area contributed by atoms with Crippen molar-refractivity contribution >= 4 is 23.4 Å². The summed E-state index contributed by atoms with van der Waals surface area (Å²) in [5.74, 6) is 0.476. The fourth-order valence-electron chi connectivity index (χ4n) is 4.06. The average molecular weight is 417 g/mol. The number of amides is 2. The smallest absolute Gasteiger partial charge is 0.230 e. The Bertz CT molecular complexity index is 850. The van der Waals surface area contributed by atoms with E-state index in [4.69, 9.17) is 11.6 Å². The quantitative estimate of drug-likeness (QED) is 0.742. The summed E-state index contributed by atoms with van der Waals surface area (Å²) in [5, 5.41) is 14.8. The first-order chi connectivity index (χ1) is 14.1. The maximum atomic E-state index is 12.9. The molecule has 8 nitrogen and oxygen atoms in total. The molecule has 2 aromatic rings. The molecule has 2 fully saturated rings. The number of halogens is 1. The van der Waals surface area contributed by atoms with E-state index >= 15 is 0 Å². The molecular formula is C20H25ClN6O2. The summed E-state index contributed by atoms with van der Waals surface area (Å²) in [6.07, 6.45) is 5.60. The minimum Gasteiger partial charge on any atom is -0.355 e. The molecule has 9 heteroatoms. The third-order valence-electron chi connectivity index (χ3n) is 5.95. The molecular weight excluding hydrogens is 392 g/mol. The third-order valence-corrected chi connectivity index (χ3v) is 6.20. The fraction of sp³-hybridized carbons (Fsp3) is 0.550. The van der Waals surface area contributed by atoms with E-state index in [0.717, 1.165) is 37.8 Å². The number of tetrazole rings is 1. The minimum atomic E-state index is -0.402. The average Bonchev–Trinajstić information content (AvgIpc) is 3.39. The number of hydrogen-bond acceptors (Lipinski definition) is 5. The number of piperidine rings is 1. The molecule has 1 aromatic carbocycles. The van der Waals surface area contributed by atoms with Gasteiger partial charge in [0.1, 0.15) is 6.33 Å². The summed E-state index contributed by atoms with van der Waals surface area (Å²) >= 11 is 5.97. The minimum absolute atomic E-state index is 0.0851. The second-order valence-electron chi connectivity index (χ2n) is 7.97. The number of hydrogen-bond donors (Lipinski definition) is 1. The highest BCUT2D eigenvalue weighted by molar-refractivity contribution is 6.30. The van der Waals surface area contributed by atoms with Crippen molar-refractivity contribution in [3.05, 3.63) is 41.2 Å². The zero-order chi connectivity index (χ0) is 20.3. The van der Waals surface area contributed by atoms with Crippen molar-refractivity contribution in [1.29, 1.82) is 0 Å². The normalized spacial score (nSPS) is 20.3. The molecule has 0 radical (unpaired) electrons. The molecule has 1 unspecified atom stereocenters. The van der Waals surface area contributed by atoms with Crippen LogP contribution in [0, 0.1) is 5.92 Å². The van der Waals surface area contributed by atoms with E-state index in [9.17, 15) is 9.59 Å². The van der Waals surface area contributed by atoms with Crippen molar-refractivity contribution in [2.24, 2.45) is 5.92 Å². The van der Waals surface area contributed by atoms with Crippen molar-refractivity contribution < 1.29 is 9.59 Å². The van der Waals surface area contributed by atoms with Gasteiger partial charge in [0.15, 0.2) is 0 Å². The van der Waals surface area contributed by atoms with Crippen molar-refractivity contribution in [3.8, 4) is 0 Å². The zero-order valence-electron chi connectivity index (χ0n) is 16.3. The Hall–Kier alpha value is -2.48. The second kappa shape index (κ2) is 8.49. The molecule has 1 N–H and O–H groups in total. The maximum Gasteiger partial charge on any atom is 0.230 e. The number of nitrogens with one attached hydrogen (secondary N) is 1. The monoisotopic (exact) mass is 416 g/mol. The Morgan fingerprint density at radius 2 is 2.03 bits per heavy atom. The molecule has 1 saturated carbocycles. The van der Waals surface area contributed by atoms with Crippen molar-refractivity contribution in [1.82, 2.24) is 30.4 Å². The van der Waals surface area contributed by atoms with Crippen LogP contribution in [0.4, 0.5) is 0 Å². The molecule has 1 saturated heterocycles. The van der Waals surface area contributed by atoms with Gasteiger partial charge in [-0.05, 0) is 59.7 Å². The third kappa shape index (κ3) is 4.58. The summed E-state index contributed by atoms with van der Waals surface area (Å²) < 4.78 is 1.56. The van der Waals surface area contributed by atoms with Crippen LogP contribution in [0.3, 0.4) is 0 Å². The Balaban J connectivity index is 1.26. The number of benzene rings is 1. The van der Waals surface area contributed by atoms with Crippen molar-refractivity contribution in [2.75, 3.05) is 19.6 Å². The van der Waals surface area contributed by atoms with E-state index in [-0.39, 0.29) is 17.7 Å². The summed E-state index contributed by atoms with van der Waals surface area (Å²) in [6.45, 7) is 2.54. The van der Waals surface area contributed by atoms with Crippen LogP contribution in [0.2, 0.25) is 5.02 Å². The number of rotatable bonds is 7. The summed E-state index contributed by atoms with van der Waals surface area (Å²) in [6, 6.07) is 7.57. The maximum absolute atomic E-state index is 12.9. The van der Waals surface area contributed by atoms with Crippen LogP contribution in [0.1, 0.15) is 37.7 Å². The number of likely N-dealkylation sites (tertiary alicyclic amines) is 1. The molecule has 154 valence electrons. The highest BCUT2D eigenvalue weighted by Gasteiger charge is 2.51. The number of aromatic nitrogens is 4. The van der Waals surface area contributed by atoms with Crippen molar-refractivity contribution in [3.63, 3.8) is 0 Å². The molecule has 2 amide bonds. The van der Waals surface area contributed by atoms with Crippen LogP contribution in [0.5, 0.6) is 0 Å². The van der Waals surface area contributed by atoms with Gasteiger partial charge in [-0.15, -0.1) is 5.10 Å². The van der Waals surface area contributed by atoms with Crippen molar-refractivity contribution in [2.45, 2.75) is 44.1 Å². The molecule has 2 heterocycles. The van der Waals surface area contributed by atoms with Gasteiger partial charge in [-0.2, -0.15) is 0 Å². The SMILES string of the molecule is O=C(CCn1cnnn1)N1CCCC(CNC(=O)C2(c3ccc(Cl)cc3)CC2)C1. The summed E-state index contributed by atoms with van der Waals surface area (Å²) in [4.78, 5) is 27.3. The Morgan fingerprint density at radius 1 is 1.24 bits per heavy atom. The Morgan fingerprint density at radius 3 is 2.72 bits per heavy atom. The van der Waals surface area contributed by atoms with Gasteiger partial charge in [0, 0.05) is 31.1 Å². The topological polar surface area (TPSA) is 93.0 Å². The second-order valence-corrected chi connectivity index (χ2v) is 8.41. The molecule has 0 bridgehead atoms. The first-order valence-corrected chi connectivity index (χ1v) is 10.5. The van der Waals surface area contributed by atoms with Gasteiger partial charge in [-0.1, -0.05) is 23.7 Å². The van der Waals surface area contributed by atoms with Crippen LogP contribution in [0.15, 0.2) is 30.6 Å². The Kier molecular flexibility index (Phi) is 5.80. The molecule has 29 heavy (non-hydrogen) atoms. The van der Waals surface area contributed by atoms with E-state index in [1.165, 1.54) is 6.33 Å². The van der Waals surface area contributed by atoms with E-state index in [2.05, 4.69) is 20.8 Å². The Labute approximate surface area is 174 Å². The first-order valence-electron chi connectivity index (χ1n) is 10.1. The van der Waals surface area contributed by atoms with E-state index < -0.39 is 5.41 Å². The van der Waals surface area contributed by atoms with Crippen LogP contribution in [0.25, 0.3) is 0 Å². The lowest BCUT2D eigenvalue weighted by molar-refractivity contribution is -0.133. The first kappa shape index (κ1) is 19.8. The predicted octanol–water partition coefficient (Wildman–Crippen LogP) is 1.80. The molecule has 2 aliphatic rings. The van der Waals surface area contributed by atoms with Gasteiger partial charge in [0.2, 0.25) is 11.8 Å². The van der Waals surface area contributed by atoms with Gasteiger partial charge in [-0.3, -0.25) is 9.59 Å². The zero-order valence-corrected chi connectivity index (χ0v) is 17.0. The van der Waals surface area contributed by atoms with Gasteiger partial charge in [0.05, 0.1) is 12.0 Å². The number of carbonyl (C=O) groups excluding carboxylic acids is 2. The van der Waals surface area contributed by atoms with E-state index in [1.54, 1.807) is 4.68 Å². The number of carbonyl (C=O) groups is 2. The predicted molar refractivity (Wildman–Crippen MR) is 107 cm³/mol. The highest BCUT2D eigenvalue weighted by atomic mass is 35.5.